The molecule has 0 fully saturated rings. The van der Waals surface area contributed by atoms with Crippen molar-refractivity contribution in [3.63, 3.8) is 0 Å². The molecule has 222 valence electrons. The first-order chi connectivity index (χ1) is 17.1. The minimum Gasteiger partial charge on any atom is -0.544 e. The summed E-state index contributed by atoms with van der Waals surface area (Å²) in [6.45, 7) is 7.65. The molecule has 7 nitrogen and oxygen atoms in total. The molecule has 0 aromatic heterocycles. The fraction of sp³-hybridized carbons (Fsp3) is 0.966. The van der Waals surface area contributed by atoms with E-state index in [9.17, 15) is 22.9 Å². The van der Waals surface area contributed by atoms with Crippen LogP contribution in [-0.2, 0) is 14.9 Å². The van der Waals surface area contributed by atoms with E-state index in [-0.39, 0.29) is 11.0 Å². The number of carbonyl (C=O) groups excluding carboxylic acids is 1. The maximum Gasteiger partial charge on any atom is 0.278 e. The van der Waals surface area contributed by atoms with Gasteiger partial charge in [-0.15, -0.1) is 0 Å². The Kier molecular flexibility index (Phi) is 17.5. The van der Waals surface area contributed by atoms with E-state index in [4.69, 9.17) is 0 Å². The SMILES string of the molecule is CCCCCCCCCCCCCCCCCCNCC(C(C(=O)[O-])[N+](C)(C)C)(C(C)(C)C)S(=O)(=O)O. The number of carbonyl (C=O) groups is 1. The highest BCUT2D eigenvalue weighted by molar-refractivity contribution is 7.87. The van der Waals surface area contributed by atoms with Gasteiger partial charge >= 0.3 is 0 Å². The number of rotatable bonds is 23. The Hall–Kier alpha value is -0.700. The van der Waals surface area contributed by atoms with E-state index in [1.807, 2.05) is 0 Å². The highest BCUT2D eigenvalue weighted by Crippen LogP contribution is 2.42. The minimum absolute atomic E-state index is 0.151. The molecular formula is C29H60N2O5S. The minimum atomic E-state index is -4.73. The van der Waals surface area contributed by atoms with Gasteiger partial charge in [-0.1, -0.05) is 124 Å². The summed E-state index contributed by atoms with van der Waals surface area (Å²) < 4.78 is 33.6. The van der Waals surface area contributed by atoms with Crippen molar-refractivity contribution in [3.05, 3.63) is 0 Å². The molecule has 0 heterocycles. The third-order valence-electron chi connectivity index (χ3n) is 7.76. The Morgan fingerprint density at radius 2 is 1.14 bits per heavy atom. The molecule has 0 aliphatic carbocycles. The summed E-state index contributed by atoms with van der Waals surface area (Å²) in [5, 5.41) is 15.3. The molecule has 0 amide bonds. The van der Waals surface area contributed by atoms with Crippen LogP contribution < -0.4 is 10.4 Å². The summed E-state index contributed by atoms with van der Waals surface area (Å²) in [5.41, 5.74) is -1.04. The summed E-state index contributed by atoms with van der Waals surface area (Å²) in [5.74, 6) is -1.48. The van der Waals surface area contributed by atoms with Gasteiger partial charge in [0.15, 0.2) is 10.8 Å². The van der Waals surface area contributed by atoms with Crippen LogP contribution in [0.3, 0.4) is 0 Å². The van der Waals surface area contributed by atoms with Gasteiger partial charge < -0.3 is 19.7 Å². The van der Waals surface area contributed by atoms with Crippen molar-refractivity contribution in [3.8, 4) is 0 Å². The lowest BCUT2D eigenvalue weighted by atomic mass is 9.74. The number of carboxylic acid groups (broad SMARTS) is 1. The smallest absolute Gasteiger partial charge is 0.278 e. The van der Waals surface area contributed by atoms with Crippen molar-refractivity contribution in [2.45, 2.75) is 141 Å². The number of aliphatic carboxylic acids is 1. The van der Waals surface area contributed by atoms with Crippen molar-refractivity contribution in [1.82, 2.24) is 5.32 Å². The van der Waals surface area contributed by atoms with Gasteiger partial charge in [0.1, 0.15) is 5.97 Å². The molecule has 0 bridgehead atoms. The van der Waals surface area contributed by atoms with Crippen LogP contribution >= 0.6 is 0 Å². The first-order valence-corrected chi connectivity index (χ1v) is 16.3. The first kappa shape index (κ1) is 36.3. The summed E-state index contributed by atoms with van der Waals surface area (Å²) in [6.07, 6.45) is 20.5. The Balaban J connectivity index is 4.33. The molecule has 2 N–H and O–H groups in total. The molecule has 2 atom stereocenters. The van der Waals surface area contributed by atoms with Crippen LogP contribution in [0.1, 0.15) is 130 Å². The highest BCUT2D eigenvalue weighted by atomic mass is 32.2. The molecule has 0 saturated carbocycles. The Labute approximate surface area is 229 Å². The quantitative estimate of drug-likeness (QED) is 0.101. The zero-order valence-electron chi connectivity index (χ0n) is 25.2. The van der Waals surface area contributed by atoms with E-state index in [1.165, 1.54) is 83.5 Å². The topological polar surface area (TPSA) is 107 Å². The number of hydrogen-bond donors (Lipinski definition) is 2. The van der Waals surface area contributed by atoms with Crippen LogP contribution in [0.15, 0.2) is 0 Å². The van der Waals surface area contributed by atoms with Crippen molar-refractivity contribution in [1.29, 1.82) is 0 Å². The molecule has 0 spiro atoms. The van der Waals surface area contributed by atoms with Gasteiger partial charge in [0.05, 0.1) is 21.1 Å². The summed E-state index contributed by atoms with van der Waals surface area (Å²) in [4.78, 5) is 12.1. The normalized spacial score (nSPS) is 15.5. The molecule has 0 saturated heterocycles. The number of carboxylic acids is 1. The zero-order valence-corrected chi connectivity index (χ0v) is 26.1. The van der Waals surface area contributed by atoms with Gasteiger partial charge in [-0.05, 0) is 18.4 Å². The maximum absolute atomic E-state index is 12.7. The average Bonchev–Trinajstić information content (AvgIpc) is 2.74. The Bertz CT molecular complexity index is 713. The second-order valence-corrected chi connectivity index (χ2v) is 14.6. The number of likely N-dealkylation sites (N-methyl/N-ethyl adjacent to an activating group) is 1. The van der Waals surface area contributed by atoms with E-state index in [2.05, 4.69) is 12.2 Å². The first-order valence-electron chi connectivity index (χ1n) is 14.8. The molecule has 0 aliphatic rings. The van der Waals surface area contributed by atoms with Crippen LogP contribution in [0, 0.1) is 5.41 Å². The van der Waals surface area contributed by atoms with Crippen molar-refractivity contribution >= 4 is 16.1 Å². The number of hydrogen-bond acceptors (Lipinski definition) is 5. The van der Waals surface area contributed by atoms with Crippen LogP contribution in [0.4, 0.5) is 0 Å². The van der Waals surface area contributed by atoms with Gasteiger partial charge in [0.25, 0.3) is 10.1 Å². The van der Waals surface area contributed by atoms with Crippen LogP contribution in [0.5, 0.6) is 0 Å². The van der Waals surface area contributed by atoms with Crippen molar-refractivity contribution < 1.29 is 27.4 Å². The Morgan fingerprint density at radius 3 is 1.41 bits per heavy atom. The second kappa shape index (κ2) is 17.8. The van der Waals surface area contributed by atoms with E-state index in [1.54, 1.807) is 41.9 Å². The molecule has 0 aliphatic heterocycles. The number of nitrogens with zero attached hydrogens (tertiary/aromatic N) is 1. The second-order valence-electron chi connectivity index (χ2n) is 12.9. The standard InChI is InChI=1S/C29H60N2O5S/c1-8-9-10-11-12-13-14-15-16-17-18-19-20-21-22-23-24-30-25-29(28(2,3)4,37(34,35)36)26(27(32)33)31(5,6)7/h26,30H,8-25H2,1-7H3,(H-,32,33,34,35,36). The van der Waals surface area contributed by atoms with Crippen molar-refractivity contribution in [2.75, 3.05) is 34.2 Å². The lowest BCUT2D eigenvalue weighted by molar-refractivity contribution is -0.892. The van der Waals surface area contributed by atoms with Crippen LogP contribution in [0.25, 0.3) is 0 Å². The third-order valence-corrected chi connectivity index (χ3v) is 9.66. The molecule has 0 rings (SSSR count). The highest BCUT2D eigenvalue weighted by Gasteiger charge is 2.63. The fourth-order valence-corrected chi connectivity index (χ4v) is 7.35. The monoisotopic (exact) mass is 548 g/mol. The van der Waals surface area contributed by atoms with E-state index in [0.29, 0.717) is 6.54 Å². The lowest BCUT2D eigenvalue weighted by Crippen LogP contribution is -2.75. The number of quaternary nitrogens is 1. The molecule has 0 aromatic rings. The van der Waals surface area contributed by atoms with Crippen LogP contribution in [0.2, 0.25) is 0 Å². The van der Waals surface area contributed by atoms with Gasteiger partial charge in [-0.2, -0.15) is 8.42 Å². The van der Waals surface area contributed by atoms with Crippen LogP contribution in [-0.4, -0.2) is 68.4 Å². The summed E-state index contributed by atoms with van der Waals surface area (Å²) in [6, 6.07) is -1.44. The molecule has 37 heavy (non-hydrogen) atoms. The van der Waals surface area contributed by atoms with Gasteiger partial charge in [-0.25, -0.2) is 0 Å². The fourth-order valence-electron chi connectivity index (χ4n) is 5.60. The average molecular weight is 549 g/mol. The van der Waals surface area contributed by atoms with E-state index < -0.39 is 32.3 Å². The van der Waals surface area contributed by atoms with Gasteiger partial charge in [-0.3, -0.25) is 4.55 Å². The van der Waals surface area contributed by atoms with Crippen molar-refractivity contribution in [2.24, 2.45) is 5.41 Å². The molecule has 0 aromatic carbocycles. The predicted molar refractivity (Wildman–Crippen MR) is 153 cm³/mol. The van der Waals surface area contributed by atoms with Gasteiger partial charge in [0, 0.05) is 6.54 Å². The molecule has 8 heteroatoms. The van der Waals surface area contributed by atoms with E-state index in [0.717, 1.165) is 19.3 Å². The Morgan fingerprint density at radius 1 is 0.784 bits per heavy atom. The summed E-state index contributed by atoms with van der Waals surface area (Å²) in [7, 11) is 0.105. The third kappa shape index (κ3) is 13.3. The predicted octanol–water partition coefficient (Wildman–Crippen LogP) is 5.33. The number of nitrogens with one attached hydrogen (secondary N) is 1. The maximum atomic E-state index is 12.7. The lowest BCUT2D eigenvalue weighted by Gasteiger charge is -2.51. The largest absolute Gasteiger partial charge is 0.544 e. The zero-order chi connectivity index (χ0) is 28.6. The molecule has 2 unspecified atom stereocenters. The summed E-state index contributed by atoms with van der Waals surface area (Å²) >= 11 is 0. The van der Waals surface area contributed by atoms with Gasteiger partial charge in [0.2, 0.25) is 0 Å². The van der Waals surface area contributed by atoms with E-state index >= 15 is 0 Å². The molecule has 0 radical (unpaired) electrons. The number of unbranched alkanes of at least 4 members (excludes halogenated alkanes) is 15. The molecular weight excluding hydrogens is 488 g/mol.